The van der Waals surface area contributed by atoms with Crippen LogP contribution >= 0.6 is 0 Å². The molecule has 0 spiro atoms. The lowest BCUT2D eigenvalue weighted by Gasteiger charge is -2.25. The minimum absolute atomic E-state index is 0.273. The second-order valence-corrected chi connectivity index (χ2v) is 6.36. The third-order valence-corrected chi connectivity index (χ3v) is 4.17. The molecule has 1 heterocycles. The Kier molecular flexibility index (Phi) is 4.96. The number of nitrogens with two attached hydrogens (primary N) is 1. The first kappa shape index (κ1) is 12.9. The molecule has 2 atom stereocenters. The van der Waals surface area contributed by atoms with Gasteiger partial charge in [-0.25, -0.2) is 0 Å². The average molecular weight is 231 g/mol. The van der Waals surface area contributed by atoms with Crippen LogP contribution in [0.3, 0.4) is 0 Å². The van der Waals surface area contributed by atoms with E-state index >= 15 is 0 Å². The van der Waals surface area contributed by atoms with Gasteiger partial charge in [0.2, 0.25) is 0 Å². The van der Waals surface area contributed by atoms with Gasteiger partial charge >= 0.3 is 0 Å². The molecule has 0 aromatic heterocycles. The van der Waals surface area contributed by atoms with Gasteiger partial charge in [-0.05, 0) is 52.0 Å². The summed E-state index contributed by atoms with van der Waals surface area (Å²) in [7, 11) is 0. The molecule has 0 bridgehead atoms. The van der Waals surface area contributed by atoms with Gasteiger partial charge in [0.15, 0.2) is 0 Å². The minimum atomic E-state index is -1.24. The van der Waals surface area contributed by atoms with Crippen LogP contribution in [0, 0.1) is 0 Å². The summed E-state index contributed by atoms with van der Waals surface area (Å²) < 4.78 is 16.4. The second kappa shape index (κ2) is 5.77. The molecule has 0 saturated carbocycles. The summed E-state index contributed by atoms with van der Waals surface area (Å²) in [4.78, 5) is 0. The van der Waals surface area contributed by atoms with E-state index in [2.05, 4.69) is 6.08 Å². The van der Waals surface area contributed by atoms with Gasteiger partial charge in [0, 0.05) is 11.4 Å². The van der Waals surface area contributed by atoms with Crippen molar-refractivity contribution >= 4 is 11.4 Å². The van der Waals surface area contributed by atoms with Gasteiger partial charge in [-0.1, -0.05) is 0 Å². The van der Waals surface area contributed by atoms with Crippen LogP contribution < -0.4 is 5.14 Å². The Morgan fingerprint density at radius 3 is 2.87 bits per heavy atom. The SMILES string of the molecule is CC(C)(CCC[C@H]1CCC=CO1)[S+](N)[O-]. The van der Waals surface area contributed by atoms with Crippen molar-refractivity contribution in [1.29, 1.82) is 0 Å². The Labute approximate surface area is 95.4 Å². The summed E-state index contributed by atoms with van der Waals surface area (Å²) in [6.07, 6.45) is 9.34. The van der Waals surface area contributed by atoms with Crippen LogP contribution in [-0.2, 0) is 16.1 Å². The van der Waals surface area contributed by atoms with Crippen molar-refractivity contribution < 1.29 is 9.29 Å². The number of hydrogen-bond acceptors (Lipinski definition) is 3. The monoisotopic (exact) mass is 231 g/mol. The molecule has 0 fully saturated rings. The molecule has 0 saturated heterocycles. The van der Waals surface area contributed by atoms with Crippen molar-refractivity contribution in [2.24, 2.45) is 5.14 Å². The quantitative estimate of drug-likeness (QED) is 0.738. The van der Waals surface area contributed by atoms with Gasteiger partial charge in [-0.2, -0.15) is 5.14 Å². The summed E-state index contributed by atoms with van der Waals surface area (Å²) in [5.74, 6) is 0. The Balaban J connectivity index is 2.18. The maximum absolute atomic E-state index is 11.2. The Hall–Kier alpha value is -0.190. The molecule has 0 radical (unpaired) electrons. The summed E-state index contributed by atoms with van der Waals surface area (Å²) in [6, 6.07) is 0. The summed E-state index contributed by atoms with van der Waals surface area (Å²) >= 11 is -1.24. The van der Waals surface area contributed by atoms with Crippen molar-refractivity contribution in [1.82, 2.24) is 0 Å². The van der Waals surface area contributed by atoms with E-state index in [9.17, 15) is 4.55 Å². The maximum Gasteiger partial charge on any atom is 0.139 e. The highest BCUT2D eigenvalue weighted by molar-refractivity contribution is 7.90. The van der Waals surface area contributed by atoms with Crippen LogP contribution in [0.15, 0.2) is 12.3 Å². The zero-order valence-corrected chi connectivity index (χ0v) is 10.4. The fourth-order valence-electron chi connectivity index (χ4n) is 1.65. The normalized spacial score (nSPS) is 23.6. The van der Waals surface area contributed by atoms with Crippen molar-refractivity contribution in [2.45, 2.75) is 56.8 Å². The third kappa shape index (κ3) is 4.45. The first-order valence-corrected chi connectivity index (χ1v) is 6.70. The number of allylic oxidation sites excluding steroid dienone is 1. The lowest BCUT2D eigenvalue weighted by molar-refractivity contribution is 0.112. The van der Waals surface area contributed by atoms with E-state index < -0.39 is 11.4 Å². The van der Waals surface area contributed by atoms with Gasteiger partial charge in [0.25, 0.3) is 0 Å². The van der Waals surface area contributed by atoms with E-state index in [1.54, 1.807) is 6.26 Å². The summed E-state index contributed by atoms with van der Waals surface area (Å²) in [5.41, 5.74) is 0. The fraction of sp³-hybridized carbons (Fsp3) is 0.818. The Morgan fingerprint density at radius 1 is 1.60 bits per heavy atom. The zero-order valence-electron chi connectivity index (χ0n) is 9.57. The van der Waals surface area contributed by atoms with E-state index in [1.165, 1.54) is 0 Å². The predicted molar refractivity (Wildman–Crippen MR) is 63.5 cm³/mol. The number of hydrogen-bond donors (Lipinski definition) is 1. The molecule has 2 N–H and O–H groups in total. The van der Waals surface area contributed by atoms with E-state index in [1.807, 2.05) is 13.8 Å². The lowest BCUT2D eigenvalue weighted by atomic mass is 10.0. The molecule has 1 aliphatic heterocycles. The molecule has 1 aliphatic rings. The molecule has 1 rings (SSSR count). The highest BCUT2D eigenvalue weighted by Crippen LogP contribution is 2.23. The predicted octanol–water partition coefficient (Wildman–Crippen LogP) is 2.25. The van der Waals surface area contributed by atoms with E-state index in [-0.39, 0.29) is 4.75 Å². The minimum Gasteiger partial charge on any atom is -0.598 e. The fourth-order valence-corrected chi connectivity index (χ4v) is 2.00. The van der Waals surface area contributed by atoms with Crippen LogP contribution in [0.4, 0.5) is 0 Å². The first-order valence-electron chi connectivity index (χ1n) is 5.49. The average Bonchev–Trinajstić information content (AvgIpc) is 2.19. The van der Waals surface area contributed by atoms with E-state index in [0.717, 1.165) is 32.1 Å². The van der Waals surface area contributed by atoms with Gasteiger partial charge in [0.05, 0.1) is 12.4 Å². The van der Waals surface area contributed by atoms with Gasteiger partial charge in [-0.15, -0.1) is 0 Å². The van der Waals surface area contributed by atoms with Crippen LogP contribution in [0.1, 0.15) is 46.0 Å². The molecular formula is C11H21NO2S. The van der Waals surface area contributed by atoms with Crippen molar-refractivity contribution in [2.75, 3.05) is 0 Å². The summed E-state index contributed by atoms with van der Waals surface area (Å²) in [6.45, 7) is 3.90. The van der Waals surface area contributed by atoms with Crippen LogP contribution in [0.2, 0.25) is 0 Å². The van der Waals surface area contributed by atoms with Crippen molar-refractivity contribution in [3.8, 4) is 0 Å². The van der Waals surface area contributed by atoms with Crippen molar-refractivity contribution in [3.63, 3.8) is 0 Å². The molecule has 0 aromatic carbocycles. The van der Waals surface area contributed by atoms with Gasteiger partial charge < -0.3 is 9.29 Å². The van der Waals surface area contributed by atoms with Crippen LogP contribution in [-0.4, -0.2) is 15.4 Å². The molecule has 88 valence electrons. The molecule has 0 amide bonds. The van der Waals surface area contributed by atoms with E-state index in [4.69, 9.17) is 9.88 Å². The zero-order chi connectivity index (χ0) is 11.3. The lowest BCUT2D eigenvalue weighted by Crippen LogP contribution is -2.37. The standard InChI is InChI=1S/C11H21NO2S/c1-11(2,15(12)13)8-5-7-10-6-3-4-9-14-10/h4,9-10H,3,5-8,12H2,1-2H3/t10-,15?/m1/s1. The Morgan fingerprint density at radius 2 is 2.33 bits per heavy atom. The molecule has 0 aromatic rings. The van der Waals surface area contributed by atoms with Crippen molar-refractivity contribution in [3.05, 3.63) is 12.3 Å². The Bertz CT molecular complexity index is 217. The number of ether oxygens (including phenoxy) is 1. The van der Waals surface area contributed by atoms with Crippen LogP contribution in [0.5, 0.6) is 0 Å². The molecule has 4 heteroatoms. The van der Waals surface area contributed by atoms with Gasteiger partial charge in [-0.3, -0.25) is 0 Å². The molecule has 3 nitrogen and oxygen atoms in total. The van der Waals surface area contributed by atoms with E-state index in [0.29, 0.717) is 6.10 Å². The second-order valence-electron chi connectivity index (χ2n) is 4.66. The number of rotatable bonds is 5. The summed E-state index contributed by atoms with van der Waals surface area (Å²) in [5, 5.41) is 5.42. The molecular weight excluding hydrogens is 210 g/mol. The smallest absolute Gasteiger partial charge is 0.139 e. The van der Waals surface area contributed by atoms with Gasteiger partial charge in [0.1, 0.15) is 4.75 Å². The molecule has 0 aliphatic carbocycles. The maximum atomic E-state index is 11.2. The highest BCUT2D eigenvalue weighted by Gasteiger charge is 2.29. The third-order valence-electron chi connectivity index (χ3n) is 2.87. The first-order chi connectivity index (χ1) is 7.02. The largest absolute Gasteiger partial charge is 0.598 e. The molecule has 15 heavy (non-hydrogen) atoms. The topological polar surface area (TPSA) is 58.3 Å². The van der Waals surface area contributed by atoms with Crippen LogP contribution in [0.25, 0.3) is 0 Å². The molecule has 1 unspecified atom stereocenters. The highest BCUT2D eigenvalue weighted by atomic mass is 32.2.